The summed E-state index contributed by atoms with van der Waals surface area (Å²) in [5.41, 5.74) is 1.15. The van der Waals surface area contributed by atoms with Gasteiger partial charge in [0.2, 0.25) is 0 Å². The molecule has 5 heteroatoms. The Morgan fingerprint density at radius 3 is 2.53 bits per heavy atom. The summed E-state index contributed by atoms with van der Waals surface area (Å²) in [4.78, 5) is 0. The minimum absolute atomic E-state index is 0.228. The zero-order chi connectivity index (χ0) is 11.1. The van der Waals surface area contributed by atoms with Crippen molar-refractivity contribution >= 4 is 10.1 Å². The summed E-state index contributed by atoms with van der Waals surface area (Å²) < 4.78 is 29.2. The van der Waals surface area contributed by atoms with Gasteiger partial charge >= 0.3 is 0 Å². The average Bonchev–Trinajstić information content (AvgIpc) is 2.17. The zero-order valence-electron chi connectivity index (χ0n) is 8.26. The van der Waals surface area contributed by atoms with Crippen LogP contribution in [0, 0.1) is 6.54 Å². The van der Waals surface area contributed by atoms with E-state index in [2.05, 4.69) is 5.32 Å². The lowest BCUT2D eigenvalue weighted by Gasteiger charge is -2.02. The molecule has 0 bridgehead atoms. The fraction of sp³-hybridized carbons (Fsp3) is 0.300. The van der Waals surface area contributed by atoms with E-state index in [1.54, 1.807) is 6.54 Å². The molecule has 0 saturated heterocycles. The van der Waals surface area contributed by atoms with Gasteiger partial charge in [0.25, 0.3) is 10.1 Å². The van der Waals surface area contributed by atoms with Crippen LogP contribution in [0.15, 0.2) is 30.3 Å². The first-order chi connectivity index (χ1) is 7.08. The summed E-state index contributed by atoms with van der Waals surface area (Å²) in [7, 11) is -3.85. The maximum Gasteiger partial charge on any atom is 0.266 e. The molecule has 2 N–H and O–H groups in total. The summed E-state index contributed by atoms with van der Waals surface area (Å²) in [5.74, 6) is -0.266. The van der Waals surface area contributed by atoms with Gasteiger partial charge in [0.1, 0.15) is 0 Å². The highest BCUT2D eigenvalue weighted by Gasteiger charge is 2.02. The maximum absolute atomic E-state index is 10.4. The second kappa shape index (κ2) is 5.85. The quantitative estimate of drug-likeness (QED) is 0.560. The van der Waals surface area contributed by atoms with E-state index in [-0.39, 0.29) is 12.3 Å². The molecule has 4 nitrogen and oxygen atoms in total. The van der Waals surface area contributed by atoms with Crippen LogP contribution < -0.4 is 5.32 Å². The summed E-state index contributed by atoms with van der Waals surface area (Å²) >= 11 is 0. The summed E-state index contributed by atoms with van der Waals surface area (Å²) in [6, 6.07) is 9.81. The lowest BCUT2D eigenvalue weighted by Crippen LogP contribution is -2.21. The summed E-state index contributed by atoms with van der Waals surface area (Å²) in [6.45, 7) is 2.01. The lowest BCUT2D eigenvalue weighted by atomic mass is 10.1. The Morgan fingerprint density at radius 2 is 1.93 bits per heavy atom. The van der Waals surface area contributed by atoms with Crippen LogP contribution in [0.3, 0.4) is 0 Å². The number of rotatable bonds is 6. The van der Waals surface area contributed by atoms with E-state index in [0.29, 0.717) is 0 Å². The third-order valence-electron chi connectivity index (χ3n) is 1.83. The van der Waals surface area contributed by atoms with Crippen molar-refractivity contribution in [2.75, 3.05) is 12.3 Å². The predicted octanol–water partition coefficient (Wildman–Crippen LogP) is 0.868. The van der Waals surface area contributed by atoms with E-state index in [1.165, 1.54) is 0 Å². The van der Waals surface area contributed by atoms with Crippen molar-refractivity contribution in [1.29, 1.82) is 0 Å². The predicted molar refractivity (Wildman–Crippen MR) is 58.9 cm³/mol. The molecule has 0 unspecified atom stereocenters. The maximum atomic E-state index is 10.4. The van der Waals surface area contributed by atoms with Gasteiger partial charge in [-0.3, -0.25) is 4.55 Å². The first-order valence-electron chi connectivity index (χ1n) is 4.62. The van der Waals surface area contributed by atoms with Gasteiger partial charge in [0.15, 0.2) is 0 Å². The molecule has 0 aliphatic heterocycles. The Kier molecular flexibility index (Phi) is 4.74. The molecule has 0 amide bonds. The number of hydrogen-bond donors (Lipinski definition) is 2. The third kappa shape index (κ3) is 6.22. The van der Waals surface area contributed by atoms with Crippen molar-refractivity contribution in [1.82, 2.24) is 5.32 Å². The largest absolute Gasteiger partial charge is 0.311 e. The second-order valence-electron chi connectivity index (χ2n) is 3.13. The minimum atomic E-state index is -3.85. The van der Waals surface area contributed by atoms with Crippen molar-refractivity contribution in [3.05, 3.63) is 42.4 Å². The molecule has 0 aromatic heterocycles. The minimum Gasteiger partial charge on any atom is -0.311 e. The van der Waals surface area contributed by atoms with Gasteiger partial charge in [-0.25, -0.2) is 0 Å². The molecular weight excluding hydrogens is 214 g/mol. The lowest BCUT2D eigenvalue weighted by molar-refractivity contribution is 0.481. The van der Waals surface area contributed by atoms with E-state index in [9.17, 15) is 8.42 Å². The van der Waals surface area contributed by atoms with E-state index >= 15 is 0 Å². The Balaban J connectivity index is 2.13. The molecule has 0 atom stereocenters. The molecular formula is C10H14NO3S. The van der Waals surface area contributed by atoms with Crippen molar-refractivity contribution in [3.8, 4) is 0 Å². The van der Waals surface area contributed by atoms with E-state index in [1.807, 2.05) is 30.3 Å². The van der Waals surface area contributed by atoms with Gasteiger partial charge in [-0.2, -0.15) is 8.42 Å². The van der Waals surface area contributed by atoms with Crippen LogP contribution in [0.25, 0.3) is 0 Å². The molecule has 1 radical (unpaired) electrons. The molecule has 0 heterocycles. The third-order valence-corrected chi connectivity index (χ3v) is 2.55. The van der Waals surface area contributed by atoms with Crippen LogP contribution in [0.1, 0.15) is 5.56 Å². The molecule has 0 fully saturated rings. The standard InChI is InChI=1S/C10H14NO3S/c12-15(13,14)9-8-11-7-6-10-4-2-1-3-5-10/h1-5,7,11H,6,8-9H2,(H,12,13,14). The first-order valence-corrected chi connectivity index (χ1v) is 6.23. The Morgan fingerprint density at radius 1 is 1.27 bits per heavy atom. The van der Waals surface area contributed by atoms with Crippen LogP contribution >= 0.6 is 0 Å². The monoisotopic (exact) mass is 228 g/mol. The van der Waals surface area contributed by atoms with Crippen LogP contribution in [0.5, 0.6) is 0 Å². The van der Waals surface area contributed by atoms with Gasteiger partial charge in [0, 0.05) is 13.1 Å². The molecule has 1 aromatic rings. The normalized spacial score (nSPS) is 11.5. The molecule has 0 saturated carbocycles. The highest BCUT2D eigenvalue weighted by molar-refractivity contribution is 7.85. The van der Waals surface area contributed by atoms with Gasteiger partial charge in [-0.15, -0.1) is 0 Å². The fourth-order valence-electron chi connectivity index (χ4n) is 1.09. The molecule has 1 rings (SSSR count). The van der Waals surface area contributed by atoms with Gasteiger partial charge in [-0.1, -0.05) is 30.3 Å². The highest BCUT2D eigenvalue weighted by atomic mass is 32.2. The molecule has 83 valence electrons. The summed E-state index contributed by atoms with van der Waals surface area (Å²) in [6.07, 6.45) is 0.728. The van der Waals surface area contributed by atoms with E-state index in [4.69, 9.17) is 4.55 Å². The SMILES string of the molecule is O=S(=O)(O)CCN[CH]Cc1ccccc1. The van der Waals surface area contributed by atoms with Crippen LogP contribution in [0.2, 0.25) is 0 Å². The smallest absolute Gasteiger partial charge is 0.266 e. The first kappa shape index (κ1) is 12.2. The van der Waals surface area contributed by atoms with Crippen LogP contribution in [-0.2, 0) is 16.5 Å². The highest BCUT2D eigenvalue weighted by Crippen LogP contribution is 1.99. The van der Waals surface area contributed by atoms with Gasteiger partial charge in [0.05, 0.1) is 5.75 Å². The van der Waals surface area contributed by atoms with Crippen molar-refractivity contribution in [3.63, 3.8) is 0 Å². The molecule has 15 heavy (non-hydrogen) atoms. The van der Waals surface area contributed by atoms with Gasteiger partial charge < -0.3 is 5.32 Å². The van der Waals surface area contributed by atoms with E-state index in [0.717, 1.165) is 12.0 Å². The number of nitrogens with one attached hydrogen (secondary N) is 1. The average molecular weight is 228 g/mol. The van der Waals surface area contributed by atoms with Crippen LogP contribution in [-0.4, -0.2) is 25.3 Å². The number of hydrogen-bond acceptors (Lipinski definition) is 3. The Labute approximate surface area is 90.1 Å². The zero-order valence-corrected chi connectivity index (χ0v) is 9.07. The molecule has 0 aliphatic carbocycles. The van der Waals surface area contributed by atoms with Crippen LogP contribution in [0.4, 0.5) is 0 Å². The fourth-order valence-corrected chi connectivity index (χ4v) is 1.47. The molecule has 0 spiro atoms. The van der Waals surface area contributed by atoms with Crippen molar-refractivity contribution in [2.45, 2.75) is 6.42 Å². The second-order valence-corrected chi connectivity index (χ2v) is 4.71. The molecule has 0 aliphatic rings. The Bertz CT molecular complexity index is 375. The molecule has 1 aromatic carbocycles. The topological polar surface area (TPSA) is 66.4 Å². The van der Waals surface area contributed by atoms with Gasteiger partial charge in [-0.05, 0) is 12.0 Å². The van der Waals surface area contributed by atoms with E-state index < -0.39 is 10.1 Å². The number of benzene rings is 1. The van der Waals surface area contributed by atoms with Crippen molar-refractivity contribution < 1.29 is 13.0 Å². The summed E-state index contributed by atoms with van der Waals surface area (Å²) in [5, 5.41) is 2.83. The van der Waals surface area contributed by atoms with Crippen molar-refractivity contribution in [2.24, 2.45) is 0 Å². The Hall–Kier alpha value is -0.910.